The van der Waals surface area contributed by atoms with Crippen LogP contribution in [0.3, 0.4) is 0 Å². The molecule has 0 aromatic heterocycles. The van der Waals surface area contributed by atoms with E-state index in [0.717, 1.165) is 0 Å². The van der Waals surface area contributed by atoms with E-state index in [0.29, 0.717) is 32.4 Å². The van der Waals surface area contributed by atoms with Gasteiger partial charge in [0.15, 0.2) is 6.23 Å². The molecule has 0 saturated carbocycles. The van der Waals surface area contributed by atoms with Gasteiger partial charge in [-0.05, 0) is 26.3 Å². The molecule has 0 aromatic rings. The molecule has 0 bridgehead atoms. The van der Waals surface area contributed by atoms with Gasteiger partial charge in [0.05, 0.1) is 6.61 Å². The summed E-state index contributed by atoms with van der Waals surface area (Å²) in [5.74, 6) is -0.218. The molecule has 0 rings (SSSR count). The number of carbonyl (C=O) groups is 1. The molecule has 1 atom stereocenters. The van der Waals surface area contributed by atoms with E-state index in [4.69, 9.17) is 39.5 Å². The van der Waals surface area contributed by atoms with Crippen LogP contribution in [0.2, 0.25) is 0 Å². The maximum absolute atomic E-state index is 10.9. The van der Waals surface area contributed by atoms with Crippen LogP contribution in [0.4, 0.5) is 0 Å². The van der Waals surface area contributed by atoms with Crippen molar-refractivity contribution in [3.05, 3.63) is 0 Å². The Kier molecular flexibility index (Phi) is 12.2. The number of hydrogen-bond acceptors (Lipinski definition) is 4. The zero-order valence-electron chi connectivity index (χ0n) is 9.42. The lowest BCUT2D eigenvalue weighted by Crippen LogP contribution is -2.40. The second-order valence-corrected chi connectivity index (χ2v) is 5.53. The van der Waals surface area contributed by atoms with E-state index >= 15 is 0 Å². The predicted octanol–water partition coefficient (Wildman–Crippen LogP) is 2.42. The second kappa shape index (κ2) is 10.5. The fourth-order valence-electron chi connectivity index (χ4n) is 0.982. The van der Waals surface area contributed by atoms with Crippen LogP contribution in [0.5, 0.6) is 0 Å². The Balaban J connectivity index is 0. The summed E-state index contributed by atoms with van der Waals surface area (Å²) in [5, 5.41) is 11.9. The van der Waals surface area contributed by atoms with Gasteiger partial charge in [-0.3, -0.25) is 10.1 Å². The molecular weight excluding hydrogens is 312 g/mol. The van der Waals surface area contributed by atoms with E-state index < -0.39 is 10.0 Å². The first-order chi connectivity index (χ1) is 7.38. The Morgan fingerprint density at radius 3 is 2.47 bits per heavy atom. The number of aliphatic hydroxyl groups excluding tert-OH is 1. The summed E-state index contributed by atoms with van der Waals surface area (Å²) in [7, 11) is 0. The average Bonchev–Trinajstić information content (AvgIpc) is 2.16. The van der Waals surface area contributed by atoms with Crippen molar-refractivity contribution in [1.29, 1.82) is 0 Å². The van der Waals surface area contributed by atoms with Crippen molar-refractivity contribution in [3.8, 4) is 0 Å². The van der Waals surface area contributed by atoms with Gasteiger partial charge < -0.3 is 9.84 Å². The third-order valence-corrected chi connectivity index (χ3v) is 2.38. The predicted molar refractivity (Wildman–Crippen MR) is 72.0 cm³/mol. The highest BCUT2D eigenvalue weighted by molar-refractivity contribution is 6.68. The molecule has 17 heavy (non-hydrogen) atoms. The lowest BCUT2D eigenvalue weighted by atomic mass is 10.2. The molecule has 0 aliphatic rings. The van der Waals surface area contributed by atoms with Gasteiger partial charge in [-0.25, -0.2) is 0 Å². The number of unbranched alkanes of at least 4 members (excludes halogenated alkanes) is 1. The van der Waals surface area contributed by atoms with Gasteiger partial charge in [-0.15, -0.1) is 12.4 Å². The molecule has 0 saturated heterocycles. The number of esters is 1. The van der Waals surface area contributed by atoms with Gasteiger partial charge in [0.2, 0.25) is 3.79 Å². The molecular formula is C9H17Cl4NO3. The van der Waals surface area contributed by atoms with Crippen LogP contribution in [0.1, 0.15) is 26.2 Å². The van der Waals surface area contributed by atoms with Gasteiger partial charge in [0.25, 0.3) is 0 Å². The fraction of sp³-hybridized carbons (Fsp3) is 0.889. The molecule has 0 heterocycles. The standard InChI is InChI=1S/C9H16Cl3NO3.ClH/c1-2-16-7(14)5-3-4-6-13-8(15)9(10,11)12;/h8,13,15H,2-6H2,1H3;1H. The smallest absolute Gasteiger partial charge is 0.305 e. The second-order valence-electron chi connectivity index (χ2n) is 3.16. The first-order valence-corrected chi connectivity index (χ1v) is 6.15. The summed E-state index contributed by atoms with van der Waals surface area (Å²) in [4.78, 5) is 10.9. The van der Waals surface area contributed by atoms with Crippen molar-refractivity contribution in [2.75, 3.05) is 13.2 Å². The highest BCUT2D eigenvalue weighted by Crippen LogP contribution is 2.28. The van der Waals surface area contributed by atoms with Gasteiger partial charge >= 0.3 is 5.97 Å². The number of ether oxygens (including phenoxy) is 1. The molecule has 0 amide bonds. The molecule has 2 N–H and O–H groups in total. The van der Waals surface area contributed by atoms with E-state index in [1.807, 2.05) is 0 Å². The lowest BCUT2D eigenvalue weighted by molar-refractivity contribution is -0.143. The monoisotopic (exact) mass is 327 g/mol. The molecule has 4 nitrogen and oxygen atoms in total. The minimum Gasteiger partial charge on any atom is -0.466 e. The topological polar surface area (TPSA) is 58.6 Å². The van der Waals surface area contributed by atoms with Crippen LogP contribution in [0.15, 0.2) is 0 Å². The molecule has 0 aromatic carbocycles. The Bertz CT molecular complexity index is 211. The zero-order valence-corrected chi connectivity index (χ0v) is 12.5. The van der Waals surface area contributed by atoms with Crippen LogP contribution >= 0.6 is 47.2 Å². The largest absolute Gasteiger partial charge is 0.466 e. The third kappa shape index (κ3) is 11.4. The quantitative estimate of drug-likeness (QED) is 0.326. The van der Waals surface area contributed by atoms with Crippen molar-refractivity contribution < 1.29 is 14.6 Å². The summed E-state index contributed by atoms with van der Waals surface area (Å²) < 4.78 is 3.02. The number of hydrogen-bond donors (Lipinski definition) is 2. The van der Waals surface area contributed by atoms with Gasteiger partial charge in [-0.1, -0.05) is 34.8 Å². The highest BCUT2D eigenvalue weighted by atomic mass is 35.6. The van der Waals surface area contributed by atoms with Crippen LogP contribution < -0.4 is 5.32 Å². The number of alkyl halides is 3. The molecule has 104 valence electrons. The number of halogens is 4. The van der Waals surface area contributed by atoms with Crippen molar-refractivity contribution >= 4 is 53.2 Å². The van der Waals surface area contributed by atoms with Crippen molar-refractivity contribution in [3.63, 3.8) is 0 Å². The van der Waals surface area contributed by atoms with Gasteiger partial charge in [-0.2, -0.15) is 0 Å². The van der Waals surface area contributed by atoms with Crippen molar-refractivity contribution in [2.45, 2.75) is 36.2 Å². The average molecular weight is 329 g/mol. The maximum atomic E-state index is 10.9. The van der Waals surface area contributed by atoms with E-state index in [1.54, 1.807) is 6.92 Å². The maximum Gasteiger partial charge on any atom is 0.305 e. The minimum absolute atomic E-state index is 0. The van der Waals surface area contributed by atoms with Crippen LogP contribution in [-0.4, -0.2) is 34.2 Å². The molecule has 8 heteroatoms. The molecule has 0 radical (unpaired) electrons. The van der Waals surface area contributed by atoms with Crippen LogP contribution in [-0.2, 0) is 9.53 Å². The molecule has 0 fully saturated rings. The highest BCUT2D eigenvalue weighted by Gasteiger charge is 2.29. The van der Waals surface area contributed by atoms with Crippen molar-refractivity contribution in [1.82, 2.24) is 5.32 Å². The van der Waals surface area contributed by atoms with Gasteiger partial charge in [0, 0.05) is 6.42 Å². The number of nitrogens with one attached hydrogen (secondary N) is 1. The Morgan fingerprint density at radius 1 is 1.41 bits per heavy atom. The Labute approximate surface area is 122 Å². The summed E-state index contributed by atoms with van der Waals surface area (Å²) in [6, 6.07) is 0. The molecule has 1 unspecified atom stereocenters. The van der Waals surface area contributed by atoms with Crippen LogP contribution in [0.25, 0.3) is 0 Å². The first-order valence-electron chi connectivity index (χ1n) is 5.01. The molecule has 0 aliphatic heterocycles. The first kappa shape index (κ1) is 19.9. The summed E-state index contributed by atoms with van der Waals surface area (Å²) in [6.45, 7) is 2.62. The summed E-state index contributed by atoms with van der Waals surface area (Å²) in [6.07, 6.45) is 0.508. The lowest BCUT2D eigenvalue weighted by Gasteiger charge is -2.19. The van der Waals surface area contributed by atoms with E-state index in [2.05, 4.69) is 5.32 Å². The minimum atomic E-state index is -1.73. The molecule has 0 spiro atoms. The SMILES string of the molecule is CCOC(=O)CCCCNC(O)C(Cl)(Cl)Cl.Cl. The van der Waals surface area contributed by atoms with E-state index in [1.165, 1.54) is 0 Å². The zero-order chi connectivity index (χ0) is 12.6. The summed E-state index contributed by atoms with van der Waals surface area (Å²) in [5.41, 5.74) is 0. The summed E-state index contributed by atoms with van der Waals surface area (Å²) >= 11 is 16.3. The normalized spacial score (nSPS) is 12.8. The fourth-order valence-corrected chi connectivity index (χ4v) is 1.21. The number of carbonyl (C=O) groups excluding carboxylic acids is 1. The Morgan fingerprint density at radius 2 is 2.00 bits per heavy atom. The van der Waals surface area contributed by atoms with Crippen molar-refractivity contribution in [2.24, 2.45) is 0 Å². The number of rotatable bonds is 7. The Hall–Kier alpha value is 0.550. The van der Waals surface area contributed by atoms with E-state index in [9.17, 15) is 9.90 Å². The molecule has 0 aliphatic carbocycles. The van der Waals surface area contributed by atoms with E-state index in [-0.39, 0.29) is 18.4 Å². The van der Waals surface area contributed by atoms with Gasteiger partial charge in [0.1, 0.15) is 0 Å². The van der Waals surface area contributed by atoms with Crippen LogP contribution in [0, 0.1) is 0 Å². The third-order valence-electron chi connectivity index (χ3n) is 1.76. The number of aliphatic hydroxyl groups is 1.